The maximum atomic E-state index is 12.8. The highest BCUT2D eigenvalue weighted by molar-refractivity contribution is 5.79. The van der Waals surface area contributed by atoms with Gasteiger partial charge >= 0.3 is 6.18 Å². The van der Waals surface area contributed by atoms with E-state index in [-0.39, 0.29) is 0 Å². The fourth-order valence-corrected chi connectivity index (χ4v) is 3.12. The molecule has 1 saturated heterocycles. The van der Waals surface area contributed by atoms with Gasteiger partial charge in [0.05, 0.1) is 5.56 Å². The molecule has 140 valence electrons. The predicted molar refractivity (Wildman–Crippen MR) is 94.5 cm³/mol. The minimum atomic E-state index is -4.32. The second-order valence-corrected chi connectivity index (χ2v) is 6.31. The van der Waals surface area contributed by atoms with Gasteiger partial charge in [-0.3, -0.25) is 9.89 Å². The summed E-state index contributed by atoms with van der Waals surface area (Å²) in [7, 11) is 1.66. The number of nitrogens with zero attached hydrogens (tertiary/aromatic N) is 2. The van der Waals surface area contributed by atoms with Crippen LogP contribution in [0.4, 0.5) is 13.2 Å². The van der Waals surface area contributed by atoms with Crippen molar-refractivity contribution in [3.05, 3.63) is 35.4 Å². The third-order valence-electron chi connectivity index (χ3n) is 4.57. The largest absolute Gasteiger partial charge is 0.416 e. The van der Waals surface area contributed by atoms with Gasteiger partial charge in [0.2, 0.25) is 0 Å². The summed E-state index contributed by atoms with van der Waals surface area (Å²) in [5, 5.41) is 6.37. The number of aliphatic imine (C=N–C) groups is 1. The van der Waals surface area contributed by atoms with E-state index >= 15 is 0 Å². The van der Waals surface area contributed by atoms with E-state index in [1.54, 1.807) is 13.1 Å². The van der Waals surface area contributed by atoms with E-state index in [9.17, 15) is 13.2 Å². The third-order valence-corrected chi connectivity index (χ3v) is 4.57. The van der Waals surface area contributed by atoms with Crippen LogP contribution in [0, 0.1) is 0 Å². The minimum Gasteiger partial charge on any atom is -0.355 e. The van der Waals surface area contributed by atoms with E-state index in [1.165, 1.54) is 25.0 Å². The highest BCUT2D eigenvalue weighted by Gasteiger charge is 2.30. The van der Waals surface area contributed by atoms with E-state index in [2.05, 4.69) is 27.4 Å². The summed E-state index contributed by atoms with van der Waals surface area (Å²) in [6.07, 6.45) is -0.768. The molecule has 0 amide bonds. The normalized spacial score (nSPS) is 17.6. The Balaban J connectivity index is 1.86. The number of likely N-dealkylation sites (tertiary alicyclic amines) is 1. The van der Waals surface area contributed by atoms with Crippen LogP contribution < -0.4 is 10.6 Å². The summed E-state index contributed by atoms with van der Waals surface area (Å²) in [5.74, 6) is 0.607. The highest BCUT2D eigenvalue weighted by atomic mass is 19.4. The Kier molecular flexibility index (Phi) is 7.11. The Bertz CT molecular complexity index is 566. The predicted octanol–water partition coefficient (Wildman–Crippen LogP) is 3.24. The van der Waals surface area contributed by atoms with Gasteiger partial charge in [-0.1, -0.05) is 19.1 Å². The summed E-state index contributed by atoms with van der Waals surface area (Å²) >= 11 is 0. The molecule has 0 spiro atoms. The average molecular weight is 356 g/mol. The number of halogens is 3. The molecule has 0 bridgehead atoms. The van der Waals surface area contributed by atoms with Crippen LogP contribution in [0.15, 0.2) is 29.3 Å². The van der Waals surface area contributed by atoms with E-state index in [4.69, 9.17) is 0 Å². The fourth-order valence-electron chi connectivity index (χ4n) is 3.12. The number of benzene rings is 1. The molecule has 25 heavy (non-hydrogen) atoms. The van der Waals surface area contributed by atoms with Crippen molar-refractivity contribution < 1.29 is 13.2 Å². The van der Waals surface area contributed by atoms with Gasteiger partial charge < -0.3 is 10.6 Å². The third kappa shape index (κ3) is 5.92. The second kappa shape index (κ2) is 9.08. The van der Waals surface area contributed by atoms with Crippen molar-refractivity contribution in [2.24, 2.45) is 4.99 Å². The van der Waals surface area contributed by atoms with Gasteiger partial charge in [0.25, 0.3) is 0 Å². The lowest BCUT2D eigenvalue weighted by molar-refractivity contribution is -0.137. The van der Waals surface area contributed by atoms with Gasteiger partial charge in [0, 0.05) is 26.2 Å². The first-order valence-electron chi connectivity index (χ1n) is 8.78. The average Bonchev–Trinajstić information content (AvgIpc) is 3.12. The molecule has 0 radical (unpaired) electrons. The zero-order valence-corrected chi connectivity index (χ0v) is 14.9. The number of alkyl halides is 3. The molecule has 1 unspecified atom stereocenters. The van der Waals surface area contributed by atoms with Crippen LogP contribution in [0.5, 0.6) is 0 Å². The highest BCUT2D eigenvalue weighted by Crippen LogP contribution is 2.29. The first kappa shape index (κ1) is 19.6. The number of nitrogens with one attached hydrogen (secondary N) is 2. The van der Waals surface area contributed by atoms with Crippen molar-refractivity contribution in [1.82, 2.24) is 15.5 Å². The quantitative estimate of drug-likeness (QED) is 0.607. The van der Waals surface area contributed by atoms with Gasteiger partial charge in [-0.2, -0.15) is 13.2 Å². The van der Waals surface area contributed by atoms with Crippen LogP contribution in [0.2, 0.25) is 0 Å². The fraction of sp³-hybridized carbons (Fsp3) is 0.611. The first-order valence-corrected chi connectivity index (χ1v) is 8.78. The lowest BCUT2D eigenvalue weighted by atomic mass is 10.1. The molecular weight excluding hydrogens is 329 g/mol. The molecule has 1 heterocycles. The van der Waals surface area contributed by atoms with Crippen molar-refractivity contribution in [1.29, 1.82) is 0 Å². The number of guanidine groups is 1. The molecule has 2 rings (SSSR count). The molecule has 1 fully saturated rings. The molecule has 7 heteroatoms. The lowest BCUT2D eigenvalue weighted by Crippen LogP contribution is -2.46. The SMILES string of the molecule is CCC(CNC(=NC)NCc1cccc(C(F)(F)F)c1)N1CCCC1. The minimum absolute atomic E-state index is 0.296. The standard InChI is InChI=1S/C18H27F3N4/c1-3-16(25-9-4-5-10-25)13-24-17(22-2)23-12-14-7-6-8-15(11-14)18(19,20)21/h6-8,11,16H,3-5,9-10,12-13H2,1-2H3,(H2,22,23,24). The van der Waals surface area contributed by atoms with Gasteiger partial charge in [-0.15, -0.1) is 0 Å². The smallest absolute Gasteiger partial charge is 0.355 e. The second-order valence-electron chi connectivity index (χ2n) is 6.31. The maximum absolute atomic E-state index is 12.8. The zero-order chi connectivity index (χ0) is 18.3. The monoisotopic (exact) mass is 356 g/mol. The Morgan fingerprint density at radius 1 is 1.24 bits per heavy atom. The summed E-state index contributed by atoms with van der Waals surface area (Å²) < 4.78 is 38.3. The Morgan fingerprint density at radius 3 is 2.56 bits per heavy atom. The van der Waals surface area contributed by atoms with Crippen LogP contribution in [0.1, 0.15) is 37.3 Å². The summed E-state index contributed by atoms with van der Waals surface area (Å²) in [6.45, 7) is 5.51. The van der Waals surface area contributed by atoms with Crippen LogP contribution in [0.25, 0.3) is 0 Å². The summed E-state index contributed by atoms with van der Waals surface area (Å²) in [6, 6.07) is 5.80. The van der Waals surface area contributed by atoms with Gasteiger partial charge in [0.15, 0.2) is 5.96 Å². The van der Waals surface area contributed by atoms with Gasteiger partial charge in [0.1, 0.15) is 0 Å². The molecule has 1 aromatic rings. The van der Waals surface area contributed by atoms with Crippen molar-refractivity contribution in [3.8, 4) is 0 Å². The molecule has 0 aromatic heterocycles. The van der Waals surface area contributed by atoms with Crippen LogP contribution in [-0.2, 0) is 12.7 Å². The van der Waals surface area contributed by atoms with Crippen molar-refractivity contribution >= 4 is 5.96 Å². The van der Waals surface area contributed by atoms with Crippen molar-refractivity contribution in [2.75, 3.05) is 26.7 Å². The molecule has 0 aliphatic carbocycles. The lowest BCUT2D eigenvalue weighted by Gasteiger charge is -2.27. The van der Waals surface area contributed by atoms with Crippen LogP contribution in [-0.4, -0.2) is 43.6 Å². The Labute approximate surface area is 147 Å². The van der Waals surface area contributed by atoms with E-state index in [1.807, 2.05) is 0 Å². The van der Waals surface area contributed by atoms with Gasteiger partial charge in [-0.25, -0.2) is 0 Å². The number of rotatable bonds is 6. The van der Waals surface area contributed by atoms with Crippen molar-refractivity contribution in [3.63, 3.8) is 0 Å². The molecule has 0 saturated carbocycles. The zero-order valence-electron chi connectivity index (χ0n) is 14.9. The first-order chi connectivity index (χ1) is 11.9. The Hall–Kier alpha value is -1.76. The molecular formula is C18H27F3N4. The Morgan fingerprint density at radius 2 is 1.96 bits per heavy atom. The molecule has 1 aromatic carbocycles. The van der Waals surface area contributed by atoms with E-state index < -0.39 is 11.7 Å². The number of hydrogen-bond donors (Lipinski definition) is 2. The van der Waals surface area contributed by atoms with E-state index in [0.717, 1.165) is 32.1 Å². The molecule has 1 atom stereocenters. The maximum Gasteiger partial charge on any atom is 0.416 e. The van der Waals surface area contributed by atoms with Gasteiger partial charge in [-0.05, 0) is 50.0 Å². The molecule has 1 aliphatic heterocycles. The van der Waals surface area contributed by atoms with Crippen LogP contribution in [0.3, 0.4) is 0 Å². The summed E-state index contributed by atoms with van der Waals surface area (Å²) in [5.41, 5.74) is -0.0563. The topological polar surface area (TPSA) is 39.7 Å². The molecule has 1 aliphatic rings. The van der Waals surface area contributed by atoms with E-state index in [0.29, 0.717) is 24.1 Å². The summed E-state index contributed by atoms with van der Waals surface area (Å²) in [4.78, 5) is 6.64. The van der Waals surface area contributed by atoms with Crippen molar-refractivity contribution in [2.45, 2.75) is 44.9 Å². The molecule has 2 N–H and O–H groups in total. The number of hydrogen-bond acceptors (Lipinski definition) is 2. The molecule has 4 nitrogen and oxygen atoms in total. The van der Waals surface area contributed by atoms with Crippen LogP contribution >= 0.6 is 0 Å².